The van der Waals surface area contributed by atoms with Crippen molar-refractivity contribution in [1.29, 1.82) is 0 Å². The van der Waals surface area contributed by atoms with Crippen molar-refractivity contribution in [2.24, 2.45) is 0 Å². The predicted molar refractivity (Wildman–Crippen MR) is 246 cm³/mol. The van der Waals surface area contributed by atoms with E-state index in [-0.39, 0.29) is 11.9 Å². The van der Waals surface area contributed by atoms with E-state index in [1.54, 1.807) is 0 Å². The van der Waals surface area contributed by atoms with Crippen LogP contribution in [0.25, 0.3) is 0 Å². The minimum atomic E-state index is -0.289. The summed E-state index contributed by atoms with van der Waals surface area (Å²) in [5.41, 5.74) is 1.23. The van der Waals surface area contributed by atoms with E-state index in [0.29, 0.717) is 37.4 Å². The zero-order valence-corrected chi connectivity index (χ0v) is 40.5. The molecule has 0 atom stereocenters. The van der Waals surface area contributed by atoms with Crippen molar-refractivity contribution in [1.82, 2.24) is 4.90 Å². The van der Waals surface area contributed by atoms with Gasteiger partial charge in [-0.1, -0.05) is 103 Å². The van der Waals surface area contributed by atoms with E-state index >= 15 is 0 Å². The van der Waals surface area contributed by atoms with Gasteiger partial charge in [-0.05, 0) is 173 Å². The van der Waals surface area contributed by atoms with Crippen molar-refractivity contribution in [3.05, 3.63) is 56.8 Å². The molecule has 47 heavy (non-hydrogen) atoms. The van der Waals surface area contributed by atoms with E-state index in [0.717, 1.165) is 34.4 Å². The van der Waals surface area contributed by atoms with Crippen LogP contribution in [0.1, 0.15) is 130 Å². The number of rotatable bonds is 25. The van der Waals surface area contributed by atoms with Crippen LogP contribution in [0, 0.1) is 21.4 Å². The van der Waals surface area contributed by atoms with Gasteiger partial charge in [-0.25, -0.2) is 9.59 Å². The van der Waals surface area contributed by atoms with Crippen molar-refractivity contribution in [3.8, 4) is 0 Å². The third kappa shape index (κ3) is 19.4. The molecule has 2 aromatic carbocycles. The van der Waals surface area contributed by atoms with Gasteiger partial charge in [0, 0.05) is 34.5 Å². The molecule has 0 amide bonds. The first-order valence-corrected chi connectivity index (χ1v) is 23.5. The molecule has 0 bridgehead atoms. The molecular weight excluding hydrogens is 1270 g/mol. The quantitative estimate of drug-likeness (QED) is 0.0429. The molecule has 0 aliphatic rings. The Balaban J connectivity index is 1.73. The van der Waals surface area contributed by atoms with Crippen LogP contribution in [-0.4, -0.2) is 49.7 Å². The summed E-state index contributed by atoms with van der Waals surface area (Å²) in [6.45, 7) is 5.00. The summed E-state index contributed by atoms with van der Waals surface area (Å²) in [5, 5.41) is 0. The SMILES string of the molecule is CCCCCCCCCCCCCCCCCCN(CCOC(=O)c1cc(I)cc(I)c1I)CCOC(=O)c1cc(I)cc(I)c1I. The fourth-order valence-electron chi connectivity index (χ4n) is 5.32. The average molecular weight is 1320 g/mol. The summed E-state index contributed by atoms with van der Waals surface area (Å²) in [6, 6.07) is 7.87. The maximum atomic E-state index is 12.9. The van der Waals surface area contributed by atoms with Crippen LogP contribution in [-0.2, 0) is 9.47 Å². The Hall–Kier alpha value is 1.72. The summed E-state index contributed by atoms with van der Waals surface area (Å²) < 4.78 is 17.4. The van der Waals surface area contributed by atoms with Crippen molar-refractivity contribution in [3.63, 3.8) is 0 Å². The fourth-order valence-corrected chi connectivity index (χ4v) is 10.1. The molecule has 0 unspecified atom stereocenters. The van der Waals surface area contributed by atoms with E-state index in [4.69, 9.17) is 9.47 Å². The number of carbonyl (C=O) groups is 2. The second kappa shape index (κ2) is 27.3. The van der Waals surface area contributed by atoms with Crippen molar-refractivity contribution >= 4 is 147 Å². The summed E-state index contributed by atoms with van der Waals surface area (Å²) in [6.07, 6.45) is 21.5. The number of hydrogen-bond donors (Lipinski definition) is 0. The largest absolute Gasteiger partial charge is 0.461 e. The van der Waals surface area contributed by atoms with Gasteiger partial charge in [0.25, 0.3) is 0 Å². The van der Waals surface area contributed by atoms with Crippen LogP contribution in [0.15, 0.2) is 24.3 Å². The van der Waals surface area contributed by atoms with Gasteiger partial charge in [0.15, 0.2) is 0 Å². The molecule has 0 saturated carbocycles. The maximum absolute atomic E-state index is 12.9. The lowest BCUT2D eigenvalue weighted by molar-refractivity contribution is 0.0393. The van der Waals surface area contributed by atoms with Crippen LogP contribution in [0.5, 0.6) is 0 Å². The van der Waals surface area contributed by atoms with Gasteiger partial charge in [-0.3, -0.25) is 4.90 Å². The van der Waals surface area contributed by atoms with Gasteiger partial charge in [-0.15, -0.1) is 0 Å². The summed E-state index contributed by atoms with van der Waals surface area (Å²) in [5.74, 6) is -0.579. The zero-order valence-electron chi connectivity index (χ0n) is 27.5. The molecule has 0 fully saturated rings. The van der Waals surface area contributed by atoms with Crippen LogP contribution in [0.3, 0.4) is 0 Å². The highest BCUT2D eigenvalue weighted by molar-refractivity contribution is 14.1. The summed E-state index contributed by atoms with van der Waals surface area (Å²) in [7, 11) is 0. The van der Waals surface area contributed by atoms with E-state index < -0.39 is 0 Å². The van der Waals surface area contributed by atoms with E-state index in [1.165, 1.54) is 96.3 Å². The molecule has 2 aromatic rings. The smallest absolute Gasteiger partial charge is 0.339 e. The van der Waals surface area contributed by atoms with Gasteiger partial charge in [-0.2, -0.15) is 0 Å². The van der Waals surface area contributed by atoms with E-state index in [9.17, 15) is 9.59 Å². The molecule has 0 radical (unpaired) electrons. The Kier molecular flexibility index (Phi) is 26.1. The normalized spacial score (nSPS) is 11.3. The minimum Gasteiger partial charge on any atom is -0.461 e. The Morgan fingerprint density at radius 2 is 0.851 bits per heavy atom. The first-order chi connectivity index (χ1) is 22.6. The molecule has 0 aromatic heterocycles. The third-order valence-corrected chi connectivity index (χ3v) is 15.4. The molecule has 2 rings (SSSR count). The number of nitrogens with zero attached hydrogens (tertiary/aromatic N) is 1. The molecule has 11 heteroatoms. The van der Waals surface area contributed by atoms with Gasteiger partial charge in [0.2, 0.25) is 0 Å². The minimum absolute atomic E-state index is 0.289. The molecule has 0 aliphatic carbocycles. The molecule has 0 spiro atoms. The van der Waals surface area contributed by atoms with Gasteiger partial charge < -0.3 is 9.47 Å². The number of benzene rings is 2. The number of carbonyl (C=O) groups excluding carboxylic acids is 2. The number of unbranched alkanes of at least 4 members (excludes halogenated alkanes) is 15. The maximum Gasteiger partial charge on any atom is 0.339 e. The lowest BCUT2D eigenvalue weighted by Gasteiger charge is -2.22. The third-order valence-electron chi connectivity index (χ3n) is 8.04. The lowest BCUT2D eigenvalue weighted by Crippen LogP contribution is -2.33. The first-order valence-electron chi connectivity index (χ1n) is 17.0. The summed E-state index contributed by atoms with van der Waals surface area (Å²) in [4.78, 5) is 28.0. The average Bonchev–Trinajstić information content (AvgIpc) is 3.03. The first kappa shape index (κ1) is 44.9. The number of hydrogen-bond acceptors (Lipinski definition) is 5. The summed E-state index contributed by atoms with van der Waals surface area (Å²) >= 11 is 13.4. The molecule has 5 nitrogen and oxygen atoms in total. The Labute approximate surface area is 365 Å². The van der Waals surface area contributed by atoms with Crippen LogP contribution in [0.2, 0.25) is 0 Å². The van der Waals surface area contributed by atoms with Gasteiger partial charge >= 0.3 is 11.9 Å². The van der Waals surface area contributed by atoms with Crippen molar-refractivity contribution in [2.45, 2.75) is 110 Å². The Morgan fingerprint density at radius 3 is 1.21 bits per heavy atom. The molecule has 264 valence electrons. The topological polar surface area (TPSA) is 55.8 Å². The van der Waals surface area contributed by atoms with E-state index in [2.05, 4.69) is 160 Å². The molecule has 0 aliphatic heterocycles. The Morgan fingerprint density at radius 1 is 0.511 bits per heavy atom. The molecule has 0 saturated heterocycles. The molecular formula is C36H49I6NO4. The second-order valence-corrected chi connectivity index (χ2v) is 18.9. The van der Waals surface area contributed by atoms with Gasteiger partial charge in [0.05, 0.1) is 11.1 Å². The van der Waals surface area contributed by atoms with Crippen LogP contribution < -0.4 is 0 Å². The Bertz CT molecular complexity index is 1150. The highest BCUT2D eigenvalue weighted by Crippen LogP contribution is 2.25. The zero-order chi connectivity index (χ0) is 34.4. The number of ether oxygens (including phenoxy) is 2. The van der Waals surface area contributed by atoms with Crippen LogP contribution in [0.4, 0.5) is 0 Å². The van der Waals surface area contributed by atoms with Crippen molar-refractivity contribution in [2.75, 3.05) is 32.8 Å². The van der Waals surface area contributed by atoms with Crippen molar-refractivity contribution < 1.29 is 19.1 Å². The van der Waals surface area contributed by atoms with Crippen LogP contribution >= 0.6 is 136 Å². The van der Waals surface area contributed by atoms with Gasteiger partial charge in [0.1, 0.15) is 13.2 Å². The monoisotopic (exact) mass is 1320 g/mol. The standard InChI is InChI=1S/C36H49I6NO4/c1-2-3-4-5-6-7-8-9-10-11-12-13-14-15-16-17-18-43(19-21-46-35(44)29-23-27(37)25-31(39)33(29)41)20-22-47-36(45)30-24-28(38)26-32(40)34(30)42/h23-26H,2-22H2,1H3. The highest BCUT2D eigenvalue weighted by atomic mass is 127. The van der Waals surface area contributed by atoms with E-state index in [1.807, 2.05) is 12.1 Å². The second-order valence-electron chi connectivity index (χ2n) is 11.9. The number of halogens is 6. The fraction of sp³-hybridized carbons (Fsp3) is 0.611. The lowest BCUT2D eigenvalue weighted by atomic mass is 10.0. The molecule has 0 heterocycles. The predicted octanol–water partition coefficient (Wildman–Crippen LogP) is 12.9. The highest BCUT2D eigenvalue weighted by Gasteiger charge is 2.18. The number of esters is 2. The molecule has 0 N–H and O–H groups in total.